The molecule has 1 N–H and O–H groups in total. The van der Waals surface area contributed by atoms with Crippen molar-refractivity contribution in [1.82, 2.24) is 10.3 Å². The fraction of sp³-hybridized carbons (Fsp3) is 0.357. The van der Waals surface area contributed by atoms with Gasteiger partial charge >= 0.3 is 0 Å². The minimum absolute atomic E-state index is 0.290. The summed E-state index contributed by atoms with van der Waals surface area (Å²) in [5.74, 6) is 0. The van der Waals surface area contributed by atoms with E-state index in [1.165, 1.54) is 10.6 Å². The van der Waals surface area contributed by atoms with Crippen LogP contribution in [0.2, 0.25) is 0 Å². The quantitative estimate of drug-likeness (QED) is 0.770. The summed E-state index contributed by atoms with van der Waals surface area (Å²) < 4.78 is 2.21. The Labute approximate surface area is 134 Å². The van der Waals surface area contributed by atoms with Gasteiger partial charge in [0, 0.05) is 32.5 Å². The van der Waals surface area contributed by atoms with E-state index in [9.17, 15) is 0 Å². The normalized spacial score (nSPS) is 12.6. The lowest BCUT2D eigenvalue weighted by atomic mass is 10.0. The lowest BCUT2D eigenvalue weighted by Crippen LogP contribution is -2.23. The van der Waals surface area contributed by atoms with Crippen LogP contribution in [-0.4, -0.2) is 11.5 Å². The summed E-state index contributed by atoms with van der Waals surface area (Å²) in [6, 6.07) is 6.62. The first-order valence-corrected chi connectivity index (χ1v) is 8.66. The summed E-state index contributed by atoms with van der Waals surface area (Å²) in [5, 5.41) is 6.82. The molecule has 0 spiro atoms. The van der Waals surface area contributed by atoms with E-state index in [2.05, 4.69) is 72.7 Å². The molecule has 2 rings (SSSR count). The number of aromatic nitrogens is 1. The summed E-state index contributed by atoms with van der Waals surface area (Å²) >= 11 is 8.87. The van der Waals surface area contributed by atoms with E-state index in [4.69, 9.17) is 0 Å². The van der Waals surface area contributed by atoms with Gasteiger partial charge in [-0.1, -0.05) is 44.8 Å². The summed E-state index contributed by atoms with van der Waals surface area (Å²) in [5.41, 5.74) is 2.38. The molecular formula is C14H16Br2N2S. The summed E-state index contributed by atoms with van der Waals surface area (Å²) in [6.45, 7) is 5.11. The highest BCUT2D eigenvalue weighted by Crippen LogP contribution is 2.29. The van der Waals surface area contributed by atoms with Crippen LogP contribution in [0.1, 0.15) is 29.2 Å². The van der Waals surface area contributed by atoms with Gasteiger partial charge in [0.15, 0.2) is 0 Å². The second-order valence-corrected chi connectivity index (χ2v) is 7.08. The lowest BCUT2D eigenvalue weighted by molar-refractivity contribution is 0.546. The molecule has 1 heterocycles. The molecule has 0 aliphatic carbocycles. The van der Waals surface area contributed by atoms with Gasteiger partial charge in [-0.05, 0) is 31.2 Å². The van der Waals surface area contributed by atoms with Crippen molar-refractivity contribution in [1.29, 1.82) is 0 Å². The third-order valence-corrected chi connectivity index (χ3v) is 5.00. The lowest BCUT2D eigenvalue weighted by Gasteiger charge is -2.19. The molecular weight excluding hydrogens is 388 g/mol. The molecule has 0 saturated heterocycles. The van der Waals surface area contributed by atoms with Crippen LogP contribution in [0.4, 0.5) is 0 Å². The van der Waals surface area contributed by atoms with Crippen LogP contribution in [0.25, 0.3) is 0 Å². The van der Waals surface area contributed by atoms with Gasteiger partial charge in [-0.2, -0.15) is 0 Å². The maximum atomic E-state index is 4.56. The number of halogens is 2. The highest BCUT2D eigenvalue weighted by Gasteiger charge is 2.16. The molecule has 0 fully saturated rings. The van der Waals surface area contributed by atoms with Crippen molar-refractivity contribution in [2.24, 2.45) is 0 Å². The van der Waals surface area contributed by atoms with Crippen molar-refractivity contribution < 1.29 is 0 Å². The molecule has 0 amide bonds. The van der Waals surface area contributed by atoms with E-state index in [0.717, 1.165) is 27.6 Å². The van der Waals surface area contributed by atoms with Crippen molar-refractivity contribution in [3.8, 4) is 0 Å². The van der Waals surface area contributed by atoms with Gasteiger partial charge in [0.2, 0.25) is 0 Å². The molecule has 102 valence electrons. The Morgan fingerprint density at radius 1 is 1.37 bits per heavy atom. The molecule has 0 saturated carbocycles. The van der Waals surface area contributed by atoms with Gasteiger partial charge in [-0.25, -0.2) is 4.98 Å². The van der Waals surface area contributed by atoms with Crippen molar-refractivity contribution in [2.45, 2.75) is 26.3 Å². The predicted octanol–water partition coefficient (Wildman–Crippen LogP) is 4.87. The summed E-state index contributed by atoms with van der Waals surface area (Å²) in [7, 11) is 0. The zero-order valence-corrected chi connectivity index (χ0v) is 14.9. The molecule has 0 radical (unpaired) electrons. The van der Waals surface area contributed by atoms with E-state index in [1.807, 2.05) is 6.92 Å². The molecule has 0 aliphatic heterocycles. The van der Waals surface area contributed by atoms with Crippen LogP contribution in [0.5, 0.6) is 0 Å². The Balaban J connectivity index is 2.23. The Morgan fingerprint density at radius 2 is 2.16 bits per heavy atom. The third-order valence-electron chi connectivity index (χ3n) is 2.83. The van der Waals surface area contributed by atoms with Crippen LogP contribution in [0.3, 0.4) is 0 Å². The predicted molar refractivity (Wildman–Crippen MR) is 88.8 cm³/mol. The number of nitrogens with one attached hydrogen (secondary N) is 1. The second kappa shape index (κ2) is 6.97. The number of likely N-dealkylation sites (N-methyl/N-ethyl adjacent to an activating group) is 1. The van der Waals surface area contributed by atoms with Gasteiger partial charge < -0.3 is 5.32 Å². The van der Waals surface area contributed by atoms with Crippen molar-refractivity contribution in [2.75, 3.05) is 6.54 Å². The van der Waals surface area contributed by atoms with E-state index in [0.29, 0.717) is 0 Å². The number of hydrogen-bond acceptors (Lipinski definition) is 3. The van der Waals surface area contributed by atoms with E-state index in [1.54, 1.807) is 11.3 Å². The van der Waals surface area contributed by atoms with E-state index in [-0.39, 0.29) is 6.04 Å². The molecule has 19 heavy (non-hydrogen) atoms. The number of benzene rings is 1. The van der Waals surface area contributed by atoms with E-state index < -0.39 is 0 Å². The summed E-state index contributed by atoms with van der Waals surface area (Å²) in [6.07, 6.45) is 0.923. The number of thiazole rings is 1. The van der Waals surface area contributed by atoms with Gasteiger partial charge in [0.05, 0.1) is 5.01 Å². The maximum Gasteiger partial charge on any atom is 0.0947 e. The van der Waals surface area contributed by atoms with Crippen LogP contribution in [-0.2, 0) is 6.42 Å². The molecule has 0 aliphatic rings. The largest absolute Gasteiger partial charge is 0.310 e. The highest BCUT2D eigenvalue weighted by atomic mass is 79.9. The Bertz CT molecular complexity index is 554. The van der Waals surface area contributed by atoms with Gasteiger partial charge in [-0.3, -0.25) is 0 Å². The SMILES string of the molecule is CCNC(Cc1nc(C)cs1)c1ccc(Br)cc1Br. The fourth-order valence-electron chi connectivity index (χ4n) is 1.99. The zero-order valence-electron chi connectivity index (χ0n) is 10.9. The van der Waals surface area contributed by atoms with Crippen molar-refractivity contribution >= 4 is 43.2 Å². The minimum atomic E-state index is 0.290. The van der Waals surface area contributed by atoms with Gasteiger partial charge in [0.1, 0.15) is 0 Å². The zero-order chi connectivity index (χ0) is 13.8. The molecule has 1 aromatic carbocycles. The first kappa shape index (κ1) is 15.2. The summed E-state index contributed by atoms with van der Waals surface area (Å²) in [4.78, 5) is 4.56. The standard InChI is InChI=1S/C14H16Br2N2S/c1-3-17-13(7-14-18-9(2)8-19-14)11-5-4-10(15)6-12(11)16/h4-6,8,13,17H,3,7H2,1-2H3. The number of hydrogen-bond donors (Lipinski definition) is 1. The third kappa shape index (κ3) is 4.12. The van der Waals surface area contributed by atoms with E-state index >= 15 is 0 Å². The fourth-order valence-corrected chi connectivity index (χ4v) is 4.14. The molecule has 1 unspecified atom stereocenters. The number of rotatable bonds is 5. The Morgan fingerprint density at radius 3 is 2.74 bits per heavy atom. The average Bonchev–Trinajstić information content (AvgIpc) is 2.74. The maximum absolute atomic E-state index is 4.56. The minimum Gasteiger partial charge on any atom is -0.310 e. The Hall–Kier alpha value is -0.230. The monoisotopic (exact) mass is 402 g/mol. The number of aryl methyl sites for hydroxylation is 1. The average molecular weight is 404 g/mol. The topological polar surface area (TPSA) is 24.9 Å². The van der Waals surface area contributed by atoms with Crippen LogP contribution in [0, 0.1) is 6.92 Å². The first-order chi connectivity index (χ1) is 9.10. The molecule has 0 bridgehead atoms. The Kier molecular flexibility index (Phi) is 5.57. The van der Waals surface area contributed by atoms with Crippen molar-refractivity contribution in [3.63, 3.8) is 0 Å². The molecule has 2 aromatic rings. The van der Waals surface area contributed by atoms with Crippen LogP contribution >= 0.6 is 43.2 Å². The molecule has 5 heteroatoms. The van der Waals surface area contributed by atoms with Gasteiger partial charge in [0.25, 0.3) is 0 Å². The van der Waals surface area contributed by atoms with Crippen LogP contribution in [0.15, 0.2) is 32.5 Å². The van der Waals surface area contributed by atoms with Crippen molar-refractivity contribution in [3.05, 3.63) is 48.8 Å². The first-order valence-electron chi connectivity index (χ1n) is 6.19. The molecule has 2 nitrogen and oxygen atoms in total. The van der Waals surface area contributed by atoms with Gasteiger partial charge in [-0.15, -0.1) is 11.3 Å². The van der Waals surface area contributed by atoms with Crippen LogP contribution < -0.4 is 5.32 Å². The number of nitrogens with zero attached hydrogens (tertiary/aromatic N) is 1. The smallest absolute Gasteiger partial charge is 0.0947 e. The molecule has 1 aromatic heterocycles. The molecule has 1 atom stereocenters. The highest BCUT2D eigenvalue weighted by molar-refractivity contribution is 9.11. The second-order valence-electron chi connectivity index (χ2n) is 4.36.